The molecule has 0 aromatic carbocycles. The lowest BCUT2D eigenvalue weighted by molar-refractivity contribution is -0.142. The average Bonchev–Trinajstić information content (AvgIpc) is 3.35. The predicted octanol–water partition coefficient (Wildman–Crippen LogP) is -10.9. The minimum absolute atomic E-state index is 0.00623. The fourth-order valence-corrected chi connectivity index (χ4v) is 6.85. The predicted molar refractivity (Wildman–Crippen MR) is 291 cm³/mol. The van der Waals surface area contributed by atoms with E-state index >= 15 is 0 Å². The Morgan fingerprint density at radius 2 is 0.538 bits per heavy atom. The number of carbonyl (C=O) groups is 8. The van der Waals surface area contributed by atoms with E-state index in [4.69, 9.17) is 74.5 Å². The van der Waals surface area contributed by atoms with Gasteiger partial charge in [0.1, 0.15) is 42.3 Å². The molecule has 0 unspecified atom stereocenters. The first-order valence-electron chi connectivity index (χ1n) is 24.8. The number of aliphatic imine (C=N–C) groups is 6. The molecular weight excluding hydrogens is 1030 g/mol. The highest BCUT2D eigenvalue weighted by Crippen LogP contribution is 2.10. The Hall–Kier alpha value is -8.70. The first-order valence-corrected chi connectivity index (χ1v) is 24.8. The Kier molecular flexibility index (Phi) is 35.3. The van der Waals surface area contributed by atoms with Crippen molar-refractivity contribution in [2.75, 3.05) is 52.4 Å². The van der Waals surface area contributed by atoms with Gasteiger partial charge in [0.15, 0.2) is 35.8 Å². The van der Waals surface area contributed by atoms with Crippen molar-refractivity contribution in [3.8, 4) is 0 Å². The zero-order valence-electron chi connectivity index (χ0n) is 43.7. The molecule has 0 aliphatic heterocycles. The molecule has 0 saturated heterocycles. The van der Waals surface area contributed by atoms with Gasteiger partial charge in [-0.25, -0.2) is 4.79 Å². The molecule has 0 radical (unpaired) electrons. The van der Waals surface area contributed by atoms with Crippen LogP contribution in [0.2, 0.25) is 0 Å². The molecule has 0 heterocycles. The van der Waals surface area contributed by atoms with Crippen LogP contribution in [-0.2, 0) is 38.4 Å². The molecule has 442 valence electrons. The Bertz CT molecular complexity index is 2100. The molecule has 0 aliphatic rings. The molecule has 36 heteroatoms. The molecule has 7 atom stereocenters. The van der Waals surface area contributed by atoms with Crippen LogP contribution in [0.4, 0.5) is 0 Å². The Morgan fingerprint density at radius 1 is 0.333 bits per heavy atom. The van der Waals surface area contributed by atoms with E-state index in [0.717, 1.165) is 0 Å². The van der Waals surface area contributed by atoms with Gasteiger partial charge in [-0.15, -0.1) is 0 Å². The van der Waals surface area contributed by atoms with E-state index in [1.165, 1.54) is 0 Å². The SMILES string of the molecule is NCCC(=O)N[C@@H](CO)C(=O)N[C@@H](CCCN=C(N)N)C(=O)N[C@@H](CCCN=C(N)N)C(=O)N[C@@H](CCCN=C(N)N)C(=O)N[C@@H](CCCN=C(N)N)C(=O)N[C@@H](CCCN=C(N)N)C(=O)N[C@@H](CCCN=C(N)N)C(=O)O. The van der Waals surface area contributed by atoms with Crippen LogP contribution in [0.15, 0.2) is 30.0 Å². The minimum atomic E-state index is -1.51. The number of amides is 7. The number of aliphatic carboxylic acids is 1. The summed E-state index contributed by atoms with van der Waals surface area (Å²) in [6.07, 6.45) is -0.476. The van der Waals surface area contributed by atoms with E-state index < -0.39 is 96.2 Å². The Morgan fingerprint density at radius 3 is 0.731 bits per heavy atom. The zero-order valence-corrected chi connectivity index (χ0v) is 43.7. The summed E-state index contributed by atoms with van der Waals surface area (Å²) in [5.41, 5.74) is 71.1. The molecule has 0 aromatic heterocycles. The molecule has 0 rings (SSSR count). The maximum absolute atomic E-state index is 14.4. The van der Waals surface area contributed by atoms with E-state index in [1.807, 2.05) is 0 Å². The van der Waals surface area contributed by atoms with Crippen molar-refractivity contribution in [2.24, 2.45) is 104 Å². The van der Waals surface area contributed by atoms with Crippen molar-refractivity contribution < 1.29 is 48.6 Å². The van der Waals surface area contributed by atoms with Crippen LogP contribution in [0.5, 0.6) is 0 Å². The topological polar surface area (TPSA) is 674 Å². The van der Waals surface area contributed by atoms with Crippen LogP contribution in [0, 0.1) is 0 Å². The van der Waals surface area contributed by atoms with Crippen molar-refractivity contribution in [2.45, 2.75) is 126 Å². The quantitative estimate of drug-likeness (QED) is 0.0154. The van der Waals surface area contributed by atoms with Crippen LogP contribution in [0.3, 0.4) is 0 Å². The summed E-state index contributed by atoms with van der Waals surface area (Å²) in [7, 11) is 0. The molecule has 35 N–H and O–H groups in total. The molecule has 0 fully saturated rings. The third-order valence-electron chi connectivity index (χ3n) is 10.7. The number of guanidine groups is 6. The number of nitrogens with two attached hydrogens (primary N) is 13. The first kappa shape index (κ1) is 69.3. The first-order chi connectivity index (χ1) is 36.8. The standard InChI is InChI=1S/C42H84N26O10/c43-14-13-29(70)62-28(21-69)35(76)67-25(10-4-18-59-40(50)51)33(74)65-23(8-2-16-57-38(46)47)31(72)63-22(7-1-15-56-37(44)45)30(71)64-24(9-3-17-58-39(48)49)32(73)66-26(11-5-19-60-41(52)53)34(75)68-27(36(77)78)12-6-20-61-42(54)55/h22-28,69H,1-21,43H2,(H,62,70)(H,63,72)(H,64,71)(H,65,74)(H,66,73)(H,67,76)(H,68,75)(H,77,78)(H4,44,45,56)(H4,46,47,57)(H4,48,49,58)(H4,50,51,59)(H4,52,53,60)(H4,54,55,61)/t22-,23-,24-,25-,26-,27-,28-/m0/s1. The summed E-state index contributed by atoms with van der Waals surface area (Å²) in [4.78, 5) is 132. The van der Waals surface area contributed by atoms with Crippen molar-refractivity contribution in [1.29, 1.82) is 0 Å². The Balaban J connectivity index is 7.24. The summed E-state index contributed by atoms with van der Waals surface area (Å²) in [6, 6.07) is -10.3. The molecule has 36 nitrogen and oxygen atoms in total. The number of nitrogens with one attached hydrogen (secondary N) is 7. The van der Waals surface area contributed by atoms with Crippen molar-refractivity contribution in [1.82, 2.24) is 37.2 Å². The number of aliphatic hydroxyl groups is 1. The normalized spacial score (nSPS) is 13.3. The summed E-state index contributed by atoms with van der Waals surface area (Å²) in [5, 5.41) is 37.4. The highest BCUT2D eigenvalue weighted by molar-refractivity contribution is 5.97. The molecule has 0 aromatic rings. The molecule has 0 bridgehead atoms. The number of hydrogen-bond acceptors (Lipinski definition) is 16. The largest absolute Gasteiger partial charge is 0.480 e. The number of hydrogen-bond donors (Lipinski definition) is 22. The second kappa shape index (κ2) is 39.7. The van der Waals surface area contributed by atoms with E-state index in [0.29, 0.717) is 0 Å². The second-order valence-corrected chi connectivity index (χ2v) is 17.2. The molecule has 78 heavy (non-hydrogen) atoms. The van der Waals surface area contributed by atoms with Gasteiger partial charge in [0.2, 0.25) is 41.4 Å². The van der Waals surface area contributed by atoms with Gasteiger partial charge in [-0.2, -0.15) is 0 Å². The highest BCUT2D eigenvalue weighted by Gasteiger charge is 2.34. The number of nitrogens with zero attached hydrogens (tertiary/aromatic N) is 6. The lowest BCUT2D eigenvalue weighted by atomic mass is 10.0. The lowest BCUT2D eigenvalue weighted by Gasteiger charge is -2.28. The van der Waals surface area contributed by atoms with Gasteiger partial charge in [-0.3, -0.25) is 63.5 Å². The molecular formula is C42H84N26O10. The third-order valence-corrected chi connectivity index (χ3v) is 10.7. The van der Waals surface area contributed by atoms with Crippen molar-refractivity contribution in [3.63, 3.8) is 0 Å². The summed E-state index contributed by atoms with van der Waals surface area (Å²) in [6.45, 7) is -0.932. The third kappa shape index (κ3) is 33.3. The smallest absolute Gasteiger partial charge is 0.326 e. The van der Waals surface area contributed by atoms with Gasteiger partial charge in [-0.05, 0) is 77.0 Å². The Labute approximate surface area is 450 Å². The van der Waals surface area contributed by atoms with Gasteiger partial charge in [0, 0.05) is 52.2 Å². The highest BCUT2D eigenvalue weighted by atomic mass is 16.4. The van der Waals surface area contributed by atoms with Crippen molar-refractivity contribution >= 4 is 83.1 Å². The van der Waals surface area contributed by atoms with Crippen LogP contribution >= 0.6 is 0 Å². The number of rotatable bonds is 41. The number of carbonyl (C=O) groups excluding carboxylic acids is 7. The average molecular weight is 1110 g/mol. The van der Waals surface area contributed by atoms with Gasteiger partial charge in [0.25, 0.3) is 0 Å². The second-order valence-electron chi connectivity index (χ2n) is 17.2. The maximum Gasteiger partial charge on any atom is 0.326 e. The van der Waals surface area contributed by atoms with E-state index in [9.17, 15) is 48.6 Å². The van der Waals surface area contributed by atoms with Gasteiger partial charge < -0.3 is 122 Å². The van der Waals surface area contributed by atoms with Crippen LogP contribution in [0.1, 0.15) is 83.5 Å². The monoisotopic (exact) mass is 1110 g/mol. The molecule has 0 saturated carbocycles. The van der Waals surface area contributed by atoms with E-state index in [-0.39, 0.29) is 165 Å². The van der Waals surface area contributed by atoms with E-state index in [1.54, 1.807) is 0 Å². The van der Waals surface area contributed by atoms with Gasteiger partial charge >= 0.3 is 5.97 Å². The summed E-state index contributed by atoms with van der Waals surface area (Å²) in [5.74, 6) is -9.22. The van der Waals surface area contributed by atoms with Gasteiger partial charge in [0.05, 0.1) is 6.61 Å². The maximum atomic E-state index is 14.4. The van der Waals surface area contributed by atoms with E-state index in [2.05, 4.69) is 67.2 Å². The molecule has 0 spiro atoms. The lowest BCUT2D eigenvalue weighted by Crippen LogP contribution is -2.60. The summed E-state index contributed by atoms with van der Waals surface area (Å²) < 4.78 is 0. The fraction of sp³-hybridized carbons (Fsp3) is 0.667. The summed E-state index contributed by atoms with van der Waals surface area (Å²) >= 11 is 0. The van der Waals surface area contributed by atoms with Crippen LogP contribution < -0.4 is 112 Å². The number of aliphatic hydroxyl groups excluding tert-OH is 1. The number of carboxylic acid groups (broad SMARTS) is 1. The van der Waals surface area contributed by atoms with Gasteiger partial charge in [-0.1, -0.05) is 0 Å². The minimum Gasteiger partial charge on any atom is -0.480 e. The van der Waals surface area contributed by atoms with Crippen LogP contribution in [-0.4, -0.2) is 188 Å². The number of carboxylic acids is 1. The van der Waals surface area contributed by atoms with Crippen LogP contribution in [0.25, 0.3) is 0 Å². The fourth-order valence-electron chi connectivity index (χ4n) is 6.85. The van der Waals surface area contributed by atoms with Crippen molar-refractivity contribution in [3.05, 3.63) is 0 Å². The molecule has 7 amide bonds. The molecule has 0 aliphatic carbocycles. The zero-order chi connectivity index (χ0) is 59.2.